The molecule has 3 rings (SSSR count). The van der Waals surface area contributed by atoms with Crippen molar-refractivity contribution in [2.75, 3.05) is 31.5 Å². The number of nitrogens with one attached hydrogen (secondary N) is 2. The van der Waals surface area contributed by atoms with Gasteiger partial charge in [0.05, 0.1) is 25.6 Å². The van der Waals surface area contributed by atoms with Crippen LogP contribution in [0.3, 0.4) is 0 Å². The number of ether oxygens (including phenoxy) is 3. The number of methoxy groups -OCH3 is 2. The van der Waals surface area contributed by atoms with Gasteiger partial charge in [-0.3, -0.25) is 9.59 Å². The average molecular weight is 463 g/mol. The van der Waals surface area contributed by atoms with Gasteiger partial charge in [-0.25, -0.2) is 0 Å². The maximum atomic E-state index is 12.7. The van der Waals surface area contributed by atoms with Gasteiger partial charge in [-0.2, -0.15) is 0 Å². The molecule has 0 saturated heterocycles. The van der Waals surface area contributed by atoms with Crippen molar-refractivity contribution in [2.24, 2.45) is 0 Å². The van der Waals surface area contributed by atoms with E-state index in [9.17, 15) is 9.59 Å². The molecule has 3 aromatic rings. The summed E-state index contributed by atoms with van der Waals surface area (Å²) < 4.78 is 16.7. The molecule has 7 heteroatoms. The maximum absolute atomic E-state index is 12.7. The monoisotopic (exact) mass is 462 g/mol. The first-order valence-corrected chi connectivity index (χ1v) is 11.0. The average Bonchev–Trinajstić information content (AvgIpc) is 2.83. The van der Waals surface area contributed by atoms with E-state index in [-0.39, 0.29) is 24.3 Å². The van der Waals surface area contributed by atoms with E-state index in [1.165, 1.54) is 14.2 Å². The van der Waals surface area contributed by atoms with Crippen LogP contribution in [0.25, 0.3) is 0 Å². The summed E-state index contributed by atoms with van der Waals surface area (Å²) in [6.45, 7) is 5.97. The number of hydrogen-bond acceptors (Lipinski definition) is 5. The number of anilines is 2. The number of rotatable bonds is 9. The van der Waals surface area contributed by atoms with Crippen molar-refractivity contribution in [3.8, 4) is 17.2 Å². The molecule has 34 heavy (non-hydrogen) atoms. The molecule has 0 aromatic heterocycles. The van der Waals surface area contributed by atoms with E-state index >= 15 is 0 Å². The van der Waals surface area contributed by atoms with Crippen LogP contribution in [0.1, 0.15) is 41.3 Å². The summed E-state index contributed by atoms with van der Waals surface area (Å²) in [5.74, 6) is 1.07. The molecule has 0 bridgehead atoms. The van der Waals surface area contributed by atoms with Gasteiger partial charge in [0.15, 0.2) is 6.61 Å². The molecule has 0 aliphatic carbocycles. The summed E-state index contributed by atoms with van der Waals surface area (Å²) >= 11 is 0. The van der Waals surface area contributed by atoms with Crippen molar-refractivity contribution in [1.29, 1.82) is 0 Å². The van der Waals surface area contributed by atoms with Crippen LogP contribution in [0, 0.1) is 6.92 Å². The second-order valence-electron chi connectivity index (χ2n) is 8.11. The van der Waals surface area contributed by atoms with Crippen molar-refractivity contribution >= 4 is 23.2 Å². The van der Waals surface area contributed by atoms with Crippen LogP contribution in [0.2, 0.25) is 0 Å². The van der Waals surface area contributed by atoms with Crippen LogP contribution in [0.4, 0.5) is 11.4 Å². The Bertz CT molecular complexity index is 1160. The van der Waals surface area contributed by atoms with Gasteiger partial charge in [0, 0.05) is 17.7 Å². The van der Waals surface area contributed by atoms with Gasteiger partial charge in [-0.1, -0.05) is 44.2 Å². The Hall–Kier alpha value is -4.00. The molecule has 2 amide bonds. The van der Waals surface area contributed by atoms with Crippen molar-refractivity contribution in [3.63, 3.8) is 0 Å². The summed E-state index contributed by atoms with van der Waals surface area (Å²) in [4.78, 5) is 25.2. The molecule has 0 aliphatic heterocycles. The summed E-state index contributed by atoms with van der Waals surface area (Å²) in [5.41, 5.74) is 3.42. The molecule has 0 aliphatic rings. The van der Waals surface area contributed by atoms with Gasteiger partial charge in [0.1, 0.15) is 17.2 Å². The number of carbonyl (C=O) groups is 2. The van der Waals surface area contributed by atoms with Gasteiger partial charge in [0.2, 0.25) is 0 Å². The number of hydrogen-bond donors (Lipinski definition) is 2. The highest BCUT2D eigenvalue weighted by atomic mass is 16.5. The molecule has 0 atom stereocenters. The van der Waals surface area contributed by atoms with E-state index < -0.39 is 0 Å². The topological polar surface area (TPSA) is 85.9 Å². The van der Waals surface area contributed by atoms with Gasteiger partial charge in [-0.15, -0.1) is 0 Å². The predicted octanol–water partition coefficient (Wildman–Crippen LogP) is 5.41. The Morgan fingerprint density at radius 1 is 0.824 bits per heavy atom. The molecular weight excluding hydrogens is 432 g/mol. The molecule has 0 heterocycles. The lowest BCUT2D eigenvalue weighted by Crippen LogP contribution is -2.21. The second-order valence-corrected chi connectivity index (χ2v) is 8.11. The molecular formula is C27H30N2O5. The van der Waals surface area contributed by atoms with Crippen molar-refractivity contribution in [3.05, 3.63) is 77.4 Å². The van der Waals surface area contributed by atoms with E-state index in [0.717, 1.165) is 11.1 Å². The van der Waals surface area contributed by atoms with Gasteiger partial charge >= 0.3 is 0 Å². The van der Waals surface area contributed by atoms with Crippen LogP contribution in [0.5, 0.6) is 17.2 Å². The fraction of sp³-hybridized carbons (Fsp3) is 0.259. The maximum Gasteiger partial charge on any atom is 0.262 e. The van der Waals surface area contributed by atoms with Crippen LogP contribution in [-0.2, 0) is 4.79 Å². The number of amides is 2. The number of carbonyl (C=O) groups excluding carboxylic acids is 2. The zero-order chi connectivity index (χ0) is 24.7. The summed E-state index contributed by atoms with van der Waals surface area (Å²) in [7, 11) is 2.97. The zero-order valence-corrected chi connectivity index (χ0v) is 20.1. The summed E-state index contributed by atoms with van der Waals surface area (Å²) in [5, 5.41) is 5.62. The van der Waals surface area contributed by atoms with E-state index in [1.807, 2.05) is 31.2 Å². The minimum Gasteiger partial charge on any atom is -0.494 e. The first-order valence-electron chi connectivity index (χ1n) is 11.0. The standard InChI is InChI=1S/C27H30N2O5/c1-17(2)20-12-11-18(3)13-23(20)34-16-26(30)28-21-14-25(33-5)22(15-24(21)32-4)29-27(31)19-9-7-6-8-10-19/h6-15,17H,16H2,1-5H3,(H,28,30)(H,29,31). The first-order chi connectivity index (χ1) is 16.3. The van der Waals surface area contributed by atoms with Crippen molar-refractivity contribution in [1.82, 2.24) is 0 Å². The van der Waals surface area contributed by atoms with Crippen LogP contribution in [0.15, 0.2) is 60.7 Å². The third-order valence-corrected chi connectivity index (χ3v) is 5.23. The molecule has 3 aromatic carbocycles. The normalized spacial score (nSPS) is 10.5. The van der Waals surface area contributed by atoms with E-state index in [2.05, 4.69) is 24.5 Å². The molecule has 0 fully saturated rings. The molecule has 0 radical (unpaired) electrons. The molecule has 7 nitrogen and oxygen atoms in total. The predicted molar refractivity (Wildman–Crippen MR) is 133 cm³/mol. The van der Waals surface area contributed by atoms with E-state index in [1.54, 1.807) is 36.4 Å². The fourth-order valence-electron chi connectivity index (χ4n) is 3.45. The smallest absolute Gasteiger partial charge is 0.262 e. The summed E-state index contributed by atoms with van der Waals surface area (Å²) in [6.07, 6.45) is 0. The SMILES string of the molecule is COc1cc(NC(=O)c2ccccc2)c(OC)cc1NC(=O)COc1cc(C)ccc1C(C)C. The lowest BCUT2D eigenvalue weighted by molar-refractivity contribution is -0.118. The largest absolute Gasteiger partial charge is 0.494 e. The van der Waals surface area contributed by atoms with Crippen LogP contribution < -0.4 is 24.8 Å². The van der Waals surface area contributed by atoms with Crippen LogP contribution >= 0.6 is 0 Å². The van der Waals surface area contributed by atoms with Crippen LogP contribution in [-0.4, -0.2) is 32.6 Å². The lowest BCUT2D eigenvalue weighted by Gasteiger charge is -2.17. The zero-order valence-electron chi connectivity index (χ0n) is 20.1. The minimum atomic E-state index is -0.349. The third-order valence-electron chi connectivity index (χ3n) is 5.23. The number of aryl methyl sites for hydroxylation is 1. The van der Waals surface area contributed by atoms with Gasteiger partial charge in [0.25, 0.3) is 11.8 Å². The first kappa shape index (κ1) is 24.6. The highest BCUT2D eigenvalue weighted by molar-refractivity contribution is 6.05. The highest BCUT2D eigenvalue weighted by Crippen LogP contribution is 2.37. The third kappa shape index (κ3) is 6.07. The van der Waals surface area contributed by atoms with Gasteiger partial charge < -0.3 is 24.8 Å². The fourth-order valence-corrected chi connectivity index (χ4v) is 3.45. The second kappa shape index (κ2) is 11.2. The highest BCUT2D eigenvalue weighted by Gasteiger charge is 2.17. The Morgan fingerprint density at radius 3 is 2.03 bits per heavy atom. The lowest BCUT2D eigenvalue weighted by atomic mass is 10.0. The van der Waals surface area contributed by atoms with E-state index in [0.29, 0.717) is 34.2 Å². The molecule has 0 saturated carbocycles. The Labute approximate surface area is 200 Å². The minimum absolute atomic E-state index is 0.166. The van der Waals surface area contributed by atoms with E-state index in [4.69, 9.17) is 14.2 Å². The summed E-state index contributed by atoms with van der Waals surface area (Å²) in [6, 6.07) is 18.0. The van der Waals surface area contributed by atoms with Gasteiger partial charge in [-0.05, 0) is 42.2 Å². The van der Waals surface area contributed by atoms with Crippen molar-refractivity contribution < 1.29 is 23.8 Å². The molecule has 0 spiro atoms. The Balaban J connectivity index is 1.75. The Morgan fingerprint density at radius 2 is 1.44 bits per heavy atom. The Kier molecular flexibility index (Phi) is 8.14. The quantitative estimate of drug-likeness (QED) is 0.444. The van der Waals surface area contributed by atoms with Crippen molar-refractivity contribution in [2.45, 2.75) is 26.7 Å². The molecule has 0 unspecified atom stereocenters. The number of benzene rings is 3. The molecule has 2 N–H and O–H groups in total. The molecule has 178 valence electrons.